The summed E-state index contributed by atoms with van der Waals surface area (Å²) in [5, 5.41) is 5.39. The average molecular weight is 600 g/mol. The lowest BCUT2D eigenvalue weighted by Crippen LogP contribution is -2.31. The summed E-state index contributed by atoms with van der Waals surface area (Å²) in [5.41, 5.74) is 0.934. The van der Waals surface area contributed by atoms with Crippen molar-refractivity contribution in [2.24, 2.45) is 4.40 Å². The molecule has 2 aliphatic heterocycles. The van der Waals surface area contributed by atoms with E-state index in [-0.39, 0.29) is 22.2 Å². The van der Waals surface area contributed by atoms with E-state index in [9.17, 15) is 8.42 Å². The zero-order chi connectivity index (χ0) is 25.1. The number of alkyl halides is 1. The molecule has 0 N–H and O–H groups in total. The van der Waals surface area contributed by atoms with Crippen LogP contribution in [0, 0.1) is 0 Å². The number of rotatable bonds is 5. The van der Waals surface area contributed by atoms with E-state index in [1.165, 1.54) is 18.5 Å². The predicted octanol–water partition coefficient (Wildman–Crippen LogP) is 5.00. The van der Waals surface area contributed by atoms with Gasteiger partial charge in [-0.25, -0.2) is 9.67 Å². The van der Waals surface area contributed by atoms with Gasteiger partial charge in [-0.15, -0.1) is 4.40 Å². The minimum Gasteiger partial charge on any atom is -0.472 e. The van der Waals surface area contributed by atoms with Crippen LogP contribution in [-0.4, -0.2) is 47.1 Å². The SMILES string of the molecule is C=CCOC1=NS(=O)(=O)c2ccccc21.Clc1ccc(C2(Cn3cncn3)CC(Br)CO2)c(Cl)c1. The highest BCUT2D eigenvalue weighted by Crippen LogP contribution is 2.43. The van der Waals surface area contributed by atoms with E-state index in [2.05, 4.69) is 37.0 Å². The minimum atomic E-state index is -3.56. The minimum absolute atomic E-state index is 0.144. The molecule has 0 saturated carbocycles. The number of hydrogen-bond acceptors (Lipinski definition) is 6. The quantitative estimate of drug-likeness (QED) is 0.302. The van der Waals surface area contributed by atoms with Crippen LogP contribution >= 0.6 is 39.1 Å². The Morgan fingerprint density at radius 1 is 1.29 bits per heavy atom. The Balaban J connectivity index is 0.000000172. The molecule has 1 saturated heterocycles. The first kappa shape index (κ1) is 25.8. The molecule has 0 amide bonds. The fraction of sp³-hybridized carbons (Fsp3) is 0.261. The number of fused-ring (bicyclic) bond motifs is 1. The lowest BCUT2D eigenvalue weighted by atomic mass is 9.90. The largest absolute Gasteiger partial charge is 0.472 e. The van der Waals surface area contributed by atoms with Crippen LogP contribution in [0.15, 0.2) is 77.1 Å². The first-order valence-corrected chi connectivity index (χ1v) is 13.6. The smallest absolute Gasteiger partial charge is 0.286 e. The zero-order valence-corrected chi connectivity index (χ0v) is 22.3. The van der Waals surface area contributed by atoms with Gasteiger partial charge in [0, 0.05) is 20.4 Å². The van der Waals surface area contributed by atoms with Gasteiger partial charge in [0.15, 0.2) is 0 Å². The molecule has 8 nitrogen and oxygen atoms in total. The lowest BCUT2D eigenvalue weighted by Gasteiger charge is -2.29. The van der Waals surface area contributed by atoms with Gasteiger partial charge < -0.3 is 9.47 Å². The molecule has 184 valence electrons. The Kier molecular flexibility index (Phi) is 7.97. The van der Waals surface area contributed by atoms with Crippen LogP contribution in [0.1, 0.15) is 17.5 Å². The van der Waals surface area contributed by atoms with Gasteiger partial charge in [-0.05, 0) is 30.7 Å². The highest BCUT2D eigenvalue weighted by atomic mass is 79.9. The van der Waals surface area contributed by atoms with Gasteiger partial charge in [0.2, 0.25) is 5.90 Å². The van der Waals surface area contributed by atoms with E-state index in [4.69, 9.17) is 32.7 Å². The normalized spacial score (nSPS) is 22.0. The monoisotopic (exact) mass is 598 g/mol. The van der Waals surface area contributed by atoms with Gasteiger partial charge in [0.1, 0.15) is 29.8 Å². The Morgan fingerprint density at radius 2 is 2.09 bits per heavy atom. The van der Waals surface area contributed by atoms with Gasteiger partial charge in [-0.3, -0.25) is 0 Å². The van der Waals surface area contributed by atoms with Crippen molar-refractivity contribution in [2.45, 2.75) is 28.3 Å². The maximum atomic E-state index is 11.5. The number of aromatic nitrogens is 3. The summed E-state index contributed by atoms with van der Waals surface area (Å²) in [6, 6.07) is 12.1. The topological polar surface area (TPSA) is 95.7 Å². The zero-order valence-electron chi connectivity index (χ0n) is 18.4. The number of sulfonamides is 1. The van der Waals surface area contributed by atoms with Crippen molar-refractivity contribution in [3.63, 3.8) is 0 Å². The molecule has 3 aromatic rings. The molecular formula is C23H21BrCl2N4O4S. The molecule has 12 heteroatoms. The summed E-state index contributed by atoms with van der Waals surface area (Å²) in [6.45, 7) is 4.92. The van der Waals surface area contributed by atoms with Crippen molar-refractivity contribution in [3.8, 4) is 0 Å². The van der Waals surface area contributed by atoms with Crippen molar-refractivity contribution >= 4 is 55.1 Å². The molecule has 2 unspecified atom stereocenters. The van der Waals surface area contributed by atoms with Crippen LogP contribution in [0.25, 0.3) is 0 Å². The second-order valence-corrected chi connectivity index (χ2v) is 11.5. The van der Waals surface area contributed by atoms with Crippen molar-refractivity contribution in [1.82, 2.24) is 14.8 Å². The van der Waals surface area contributed by atoms with E-state index in [1.54, 1.807) is 35.3 Å². The highest BCUT2D eigenvalue weighted by molar-refractivity contribution is 9.09. The molecule has 2 aliphatic rings. The third kappa shape index (κ3) is 5.78. The number of benzene rings is 2. The summed E-state index contributed by atoms with van der Waals surface area (Å²) in [7, 11) is -3.56. The van der Waals surface area contributed by atoms with Crippen molar-refractivity contribution < 1.29 is 17.9 Å². The van der Waals surface area contributed by atoms with Crippen LogP contribution in [0.2, 0.25) is 10.0 Å². The van der Waals surface area contributed by atoms with Gasteiger partial charge in [-0.2, -0.15) is 13.5 Å². The maximum absolute atomic E-state index is 11.5. The Bertz CT molecular complexity index is 1350. The molecule has 2 atom stereocenters. The van der Waals surface area contributed by atoms with Crippen molar-refractivity contribution in [3.05, 3.63) is 88.9 Å². The van der Waals surface area contributed by atoms with Crippen LogP contribution in [-0.2, 0) is 31.6 Å². The van der Waals surface area contributed by atoms with E-state index in [0.29, 0.717) is 28.8 Å². The summed E-state index contributed by atoms with van der Waals surface area (Å²) in [6.07, 6.45) is 5.54. The second kappa shape index (κ2) is 10.8. The van der Waals surface area contributed by atoms with E-state index >= 15 is 0 Å². The van der Waals surface area contributed by atoms with Crippen molar-refractivity contribution in [1.29, 1.82) is 0 Å². The lowest BCUT2D eigenvalue weighted by molar-refractivity contribution is -0.0169. The summed E-state index contributed by atoms with van der Waals surface area (Å²) in [4.78, 5) is 4.46. The Labute approximate surface area is 221 Å². The van der Waals surface area contributed by atoms with Gasteiger partial charge >= 0.3 is 0 Å². The Morgan fingerprint density at radius 3 is 2.74 bits per heavy atom. The van der Waals surface area contributed by atoms with E-state index < -0.39 is 15.6 Å². The molecule has 3 heterocycles. The first-order valence-electron chi connectivity index (χ1n) is 10.5. The molecule has 1 fully saturated rings. The molecule has 0 aliphatic carbocycles. The molecule has 35 heavy (non-hydrogen) atoms. The van der Waals surface area contributed by atoms with Crippen LogP contribution < -0.4 is 0 Å². The highest BCUT2D eigenvalue weighted by Gasteiger charge is 2.43. The third-order valence-electron chi connectivity index (χ3n) is 5.33. The van der Waals surface area contributed by atoms with E-state index in [0.717, 1.165) is 12.0 Å². The average Bonchev–Trinajstić information content (AvgIpc) is 3.52. The molecular weight excluding hydrogens is 579 g/mol. The number of ether oxygens (including phenoxy) is 2. The molecule has 2 aromatic carbocycles. The Hall–Kier alpha value is -2.24. The standard InChI is InChI=1S/C13H12BrCl2N3O.C10H9NO3S/c14-9-4-13(20-5-9,6-19-8-17-7-18-19)11-2-1-10(15)3-12(11)16;1-2-7-14-10-8-5-3-4-6-9(8)15(12,13)11-10/h1-3,7-9H,4-6H2;2-6H,1,7H2. The van der Waals surface area contributed by atoms with Crippen LogP contribution in [0.3, 0.4) is 0 Å². The van der Waals surface area contributed by atoms with Crippen LogP contribution in [0.4, 0.5) is 0 Å². The number of halogens is 3. The molecule has 1 aromatic heterocycles. The summed E-state index contributed by atoms with van der Waals surface area (Å²) < 4.78 is 39.6. The molecule has 5 rings (SSSR count). The fourth-order valence-corrected chi connectivity index (χ4v) is 6.25. The molecule has 0 spiro atoms. The number of hydrogen-bond donors (Lipinski definition) is 0. The van der Waals surface area contributed by atoms with Gasteiger partial charge in [-0.1, -0.05) is 70.0 Å². The number of nitrogens with zero attached hydrogens (tertiary/aromatic N) is 4. The molecule has 0 radical (unpaired) electrons. The van der Waals surface area contributed by atoms with Gasteiger partial charge in [0.25, 0.3) is 10.0 Å². The fourth-order valence-electron chi connectivity index (χ4n) is 3.86. The van der Waals surface area contributed by atoms with Crippen LogP contribution in [0.5, 0.6) is 0 Å². The predicted molar refractivity (Wildman–Crippen MR) is 138 cm³/mol. The van der Waals surface area contributed by atoms with Gasteiger partial charge in [0.05, 0.1) is 18.7 Å². The molecule has 0 bridgehead atoms. The first-order chi connectivity index (χ1) is 16.7. The van der Waals surface area contributed by atoms with E-state index in [1.807, 2.05) is 12.1 Å². The third-order valence-corrected chi connectivity index (χ3v) is 7.79. The summed E-state index contributed by atoms with van der Waals surface area (Å²) >= 11 is 16.0. The second-order valence-electron chi connectivity index (χ2n) is 7.79. The van der Waals surface area contributed by atoms with Crippen molar-refractivity contribution in [2.75, 3.05) is 13.2 Å². The summed E-state index contributed by atoms with van der Waals surface area (Å²) in [5.74, 6) is 0.144. The maximum Gasteiger partial charge on any atom is 0.286 e.